The van der Waals surface area contributed by atoms with Crippen LogP contribution in [0.2, 0.25) is 0 Å². The topological polar surface area (TPSA) is 42.0 Å². The van der Waals surface area contributed by atoms with Crippen molar-refractivity contribution in [1.29, 1.82) is 0 Å². The molecule has 0 saturated heterocycles. The average Bonchev–Trinajstić information content (AvgIpc) is 2.94. The van der Waals surface area contributed by atoms with Gasteiger partial charge in [0.25, 0.3) is 0 Å². The van der Waals surface area contributed by atoms with Crippen LogP contribution in [-0.2, 0) is 11.2 Å². The van der Waals surface area contributed by atoms with Crippen molar-refractivity contribution < 1.29 is 4.79 Å². The highest BCUT2D eigenvalue weighted by molar-refractivity contribution is 7.09. The predicted molar refractivity (Wildman–Crippen MR) is 95.8 cm³/mol. The predicted octanol–water partition coefficient (Wildman–Crippen LogP) is 4.61. The van der Waals surface area contributed by atoms with Gasteiger partial charge in [0.15, 0.2) is 0 Å². The van der Waals surface area contributed by atoms with Crippen LogP contribution in [0.15, 0.2) is 53.9 Å². The third-order valence-corrected chi connectivity index (χ3v) is 4.28. The van der Waals surface area contributed by atoms with Crippen LogP contribution in [-0.4, -0.2) is 10.9 Å². The van der Waals surface area contributed by atoms with E-state index in [2.05, 4.69) is 10.3 Å². The Bertz CT molecular complexity index is 839. The zero-order valence-corrected chi connectivity index (χ0v) is 14.0. The van der Waals surface area contributed by atoms with E-state index in [9.17, 15) is 4.79 Å². The number of benzene rings is 2. The fraction of sp³-hybridized carbons (Fsp3) is 0.158. The van der Waals surface area contributed by atoms with Crippen LogP contribution < -0.4 is 5.32 Å². The maximum atomic E-state index is 12.2. The molecule has 0 saturated carbocycles. The monoisotopic (exact) mass is 322 g/mol. The number of nitrogens with zero attached hydrogens (tertiary/aromatic N) is 1. The fourth-order valence-corrected chi connectivity index (χ4v) is 3.09. The molecule has 0 aliphatic heterocycles. The Morgan fingerprint density at radius 2 is 1.96 bits per heavy atom. The van der Waals surface area contributed by atoms with Gasteiger partial charge in [0.2, 0.25) is 5.91 Å². The second-order valence-corrected chi connectivity index (χ2v) is 6.61. The number of nitrogens with one attached hydrogen (secondary N) is 1. The summed E-state index contributed by atoms with van der Waals surface area (Å²) in [4.78, 5) is 16.7. The van der Waals surface area contributed by atoms with Crippen molar-refractivity contribution in [2.75, 3.05) is 5.32 Å². The minimum absolute atomic E-state index is 0.0118. The Hall–Kier alpha value is -2.46. The molecule has 116 valence electrons. The van der Waals surface area contributed by atoms with Crippen molar-refractivity contribution in [2.24, 2.45) is 0 Å². The minimum atomic E-state index is -0.0118. The Morgan fingerprint density at radius 3 is 2.70 bits per heavy atom. The van der Waals surface area contributed by atoms with Gasteiger partial charge in [-0.25, -0.2) is 4.98 Å². The second kappa shape index (κ2) is 6.75. The van der Waals surface area contributed by atoms with Gasteiger partial charge >= 0.3 is 0 Å². The average molecular weight is 322 g/mol. The summed E-state index contributed by atoms with van der Waals surface area (Å²) < 4.78 is 0. The SMILES string of the molecule is Cc1cccc(CC(=O)Nc2cccc(-c3csc(C)n3)c2)c1. The van der Waals surface area contributed by atoms with E-state index >= 15 is 0 Å². The van der Waals surface area contributed by atoms with Gasteiger partial charge in [-0.1, -0.05) is 42.0 Å². The normalized spacial score (nSPS) is 10.5. The van der Waals surface area contributed by atoms with Crippen LogP contribution in [0.5, 0.6) is 0 Å². The van der Waals surface area contributed by atoms with Crippen molar-refractivity contribution in [3.8, 4) is 11.3 Å². The lowest BCUT2D eigenvalue weighted by molar-refractivity contribution is -0.115. The minimum Gasteiger partial charge on any atom is -0.326 e. The lowest BCUT2D eigenvalue weighted by Crippen LogP contribution is -2.14. The third kappa shape index (κ3) is 4.05. The first kappa shape index (κ1) is 15.4. The highest BCUT2D eigenvalue weighted by atomic mass is 32.1. The molecule has 3 nitrogen and oxygen atoms in total. The molecule has 3 aromatic rings. The maximum absolute atomic E-state index is 12.2. The third-order valence-electron chi connectivity index (χ3n) is 3.51. The second-order valence-electron chi connectivity index (χ2n) is 5.55. The van der Waals surface area contributed by atoms with Crippen LogP contribution in [0.4, 0.5) is 5.69 Å². The summed E-state index contributed by atoms with van der Waals surface area (Å²) in [5.41, 5.74) is 4.95. The fourth-order valence-electron chi connectivity index (χ4n) is 2.46. The highest BCUT2D eigenvalue weighted by Gasteiger charge is 2.07. The number of aryl methyl sites for hydroxylation is 2. The summed E-state index contributed by atoms with van der Waals surface area (Å²) in [5.74, 6) is -0.0118. The zero-order valence-electron chi connectivity index (χ0n) is 13.2. The molecule has 1 aromatic heterocycles. The van der Waals surface area contributed by atoms with E-state index in [0.29, 0.717) is 6.42 Å². The summed E-state index contributed by atoms with van der Waals surface area (Å²) in [5, 5.41) is 6.03. The molecule has 0 unspecified atom stereocenters. The van der Waals surface area contributed by atoms with Gasteiger partial charge in [-0.3, -0.25) is 4.79 Å². The standard InChI is InChI=1S/C19H18N2OS/c1-13-5-3-6-15(9-13)10-19(22)21-17-8-4-7-16(11-17)18-12-23-14(2)20-18/h3-9,11-12H,10H2,1-2H3,(H,21,22). The lowest BCUT2D eigenvalue weighted by Gasteiger charge is -2.07. The van der Waals surface area contributed by atoms with Gasteiger partial charge < -0.3 is 5.32 Å². The molecule has 1 N–H and O–H groups in total. The van der Waals surface area contributed by atoms with Crippen molar-refractivity contribution in [2.45, 2.75) is 20.3 Å². The molecule has 0 atom stereocenters. The molecule has 1 amide bonds. The molecular weight excluding hydrogens is 304 g/mol. The number of aromatic nitrogens is 1. The summed E-state index contributed by atoms with van der Waals surface area (Å²) in [6.07, 6.45) is 0.377. The quantitative estimate of drug-likeness (QED) is 0.762. The molecule has 0 spiro atoms. The van der Waals surface area contributed by atoms with E-state index in [1.54, 1.807) is 11.3 Å². The van der Waals surface area contributed by atoms with Crippen molar-refractivity contribution in [1.82, 2.24) is 4.98 Å². The van der Waals surface area contributed by atoms with E-state index in [1.807, 2.05) is 67.8 Å². The van der Waals surface area contributed by atoms with Crippen LogP contribution in [0, 0.1) is 13.8 Å². The number of hydrogen-bond donors (Lipinski definition) is 1. The molecule has 2 aromatic carbocycles. The van der Waals surface area contributed by atoms with Crippen molar-refractivity contribution >= 4 is 22.9 Å². The van der Waals surface area contributed by atoms with Gasteiger partial charge in [-0.2, -0.15) is 0 Å². The summed E-state index contributed by atoms with van der Waals surface area (Å²) >= 11 is 1.62. The zero-order chi connectivity index (χ0) is 16.2. The Labute approximate surface area is 140 Å². The molecular formula is C19H18N2OS. The number of thiazole rings is 1. The van der Waals surface area contributed by atoms with E-state index in [-0.39, 0.29) is 5.91 Å². The number of carbonyl (C=O) groups excluding carboxylic acids is 1. The van der Waals surface area contributed by atoms with Crippen molar-refractivity contribution in [3.63, 3.8) is 0 Å². The Morgan fingerprint density at radius 1 is 1.13 bits per heavy atom. The molecule has 23 heavy (non-hydrogen) atoms. The Kier molecular flexibility index (Phi) is 4.53. The molecule has 0 aliphatic rings. The molecule has 0 fully saturated rings. The van der Waals surface area contributed by atoms with Gasteiger partial charge in [-0.05, 0) is 31.5 Å². The van der Waals surface area contributed by atoms with Crippen LogP contribution in [0.3, 0.4) is 0 Å². The van der Waals surface area contributed by atoms with Gasteiger partial charge in [0.1, 0.15) is 0 Å². The van der Waals surface area contributed by atoms with Gasteiger partial charge in [0, 0.05) is 16.6 Å². The number of amides is 1. The number of hydrogen-bond acceptors (Lipinski definition) is 3. The van der Waals surface area contributed by atoms with E-state index in [4.69, 9.17) is 0 Å². The van der Waals surface area contributed by atoms with Crippen molar-refractivity contribution in [3.05, 3.63) is 70.0 Å². The summed E-state index contributed by atoms with van der Waals surface area (Å²) in [6, 6.07) is 15.8. The van der Waals surface area contributed by atoms with Crippen LogP contribution in [0.1, 0.15) is 16.1 Å². The molecule has 4 heteroatoms. The molecule has 0 bridgehead atoms. The first-order chi connectivity index (χ1) is 11.1. The van der Waals surface area contributed by atoms with E-state index < -0.39 is 0 Å². The van der Waals surface area contributed by atoms with Crippen LogP contribution >= 0.6 is 11.3 Å². The highest BCUT2D eigenvalue weighted by Crippen LogP contribution is 2.24. The number of carbonyl (C=O) groups is 1. The number of rotatable bonds is 4. The van der Waals surface area contributed by atoms with Gasteiger partial charge in [-0.15, -0.1) is 11.3 Å². The first-order valence-corrected chi connectivity index (χ1v) is 8.36. The van der Waals surface area contributed by atoms with Crippen LogP contribution in [0.25, 0.3) is 11.3 Å². The van der Waals surface area contributed by atoms with Gasteiger partial charge in [0.05, 0.1) is 17.1 Å². The molecule has 3 rings (SSSR count). The Balaban J connectivity index is 1.71. The smallest absolute Gasteiger partial charge is 0.228 e. The molecule has 1 heterocycles. The molecule has 0 radical (unpaired) electrons. The molecule has 0 aliphatic carbocycles. The van der Waals surface area contributed by atoms with E-state index in [0.717, 1.165) is 33.1 Å². The number of anilines is 1. The van der Waals surface area contributed by atoms with E-state index in [1.165, 1.54) is 0 Å². The largest absolute Gasteiger partial charge is 0.326 e. The lowest BCUT2D eigenvalue weighted by atomic mass is 10.1. The summed E-state index contributed by atoms with van der Waals surface area (Å²) in [6.45, 7) is 4.02. The maximum Gasteiger partial charge on any atom is 0.228 e. The summed E-state index contributed by atoms with van der Waals surface area (Å²) in [7, 11) is 0. The first-order valence-electron chi connectivity index (χ1n) is 7.48.